The number of benzene rings is 1. The van der Waals surface area contributed by atoms with E-state index in [2.05, 4.69) is 35.8 Å². The number of nitrogens with zero attached hydrogens (tertiary/aromatic N) is 3. The third kappa shape index (κ3) is 3.28. The summed E-state index contributed by atoms with van der Waals surface area (Å²) in [7, 11) is 3.84. The summed E-state index contributed by atoms with van der Waals surface area (Å²) in [4.78, 5) is 0. The van der Waals surface area contributed by atoms with E-state index in [0.717, 1.165) is 17.1 Å². The van der Waals surface area contributed by atoms with Gasteiger partial charge in [0.1, 0.15) is 11.6 Å². The van der Waals surface area contributed by atoms with Crippen molar-refractivity contribution in [1.82, 2.24) is 14.8 Å². The van der Waals surface area contributed by atoms with Gasteiger partial charge < -0.3 is 9.30 Å². The van der Waals surface area contributed by atoms with Crippen LogP contribution in [-0.4, -0.2) is 21.9 Å². The second kappa shape index (κ2) is 7.29. The molecule has 5 rings (SSSR count). The van der Waals surface area contributed by atoms with E-state index >= 15 is 0 Å². The zero-order valence-electron chi connectivity index (χ0n) is 17.1. The van der Waals surface area contributed by atoms with Crippen LogP contribution in [0.15, 0.2) is 24.3 Å². The van der Waals surface area contributed by atoms with Crippen molar-refractivity contribution in [3.05, 3.63) is 30.1 Å². The number of hydrogen-bond donors (Lipinski definition) is 0. The molecule has 0 aliphatic heterocycles. The minimum absolute atomic E-state index is 0.249. The summed E-state index contributed by atoms with van der Waals surface area (Å²) in [6, 6.07) is 8.14. The zero-order chi connectivity index (χ0) is 18.9. The summed E-state index contributed by atoms with van der Waals surface area (Å²) >= 11 is 0. The van der Waals surface area contributed by atoms with Crippen molar-refractivity contribution in [1.29, 1.82) is 0 Å². The molecule has 27 heavy (non-hydrogen) atoms. The second-order valence-corrected chi connectivity index (χ2v) is 8.87. The molecule has 146 valence electrons. The van der Waals surface area contributed by atoms with Crippen LogP contribution in [0.5, 0.6) is 5.75 Å². The van der Waals surface area contributed by atoms with Crippen molar-refractivity contribution in [3.63, 3.8) is 0 Å². The number of unbranched alkanes of at least 4 members (excludes halogenated alkanes) is 2. The van der Waals surface area contributed by atoms with Crippen LogP contribution in [-0.2, 0) is 12.5 Å². The molecule has 0 spiro atoms. The van der Waals surface area contributed by atoms with Gasteiger partial charge in [0.25, 0.3) is 0 Å². The van der Waals surface area contributed by atoms with Crippen molar-refractivity contribution in [2.75, 3.05) is 7.11 Å². The Morgan fingerprint density at radius 3 is 2.22 bits per heavy atom. The molecule has 3 aliphatic rings. The SMILES string of the molecule is CCCCCC12CCC(c3nnc(-c4ccc(OC)cc4)n3C)(CC1)CC2. The Morgan fingerprint density at radius 2 is 1.63 bits per heavy atom. The van der Waals surface area contributed by atoms with Gasteiger partial charge in [0.2, 0.25) is 0 Å². The van der Waals surface area contributed by atoms with Crippen LogP contribution in [0.1, 0.15) is 77.0 Å². The van der Waals surface area contributed by atoms with E-state index in [4.69, 9.17) is 9.84 Å². The largest absolute Gasteiger partial charge is 0.497 e. The molecular formula is C23H33N3O. The number of ether oxygens (including phenoxy) is 1. The molecule has 1 heterocycles. The molecule has 0 atom stereocenters. The smallest absolute Gasteiger partial charge is 0.163 e. The van der Waals surface area contributed by atoms with Gasteiger partial charge in [-0.3, -0.25) is 0 Å². The lowest BCUT2D eigenvalue weighted by Crippen LogP contribution is -2.45. The fourth-order valence-electron chi connectivity index (χ4n) is 5.51. The maximum absolute atomic E-state index is 5.28. The van der Waals surface area contributed by atoms with Gasteiger partial charge in [-0.1, -0.05) is 26.2 Å². The van der Waals surface area contributed by atoms with Gasteiger partial charge in [-0.15, -0.1) is 10.2 Å². The number of methoxy groups -OCH3 is 1. The topological polar surface area (TPSA) is 39.9 Å². The normalized spacial score (nSPS) is 27.1. The van der Waals surface area contributed by atoms with Gasteiger partial charge in [0, 0.05) is 18.0 Å². The van der Waals surface area contributed by atoms with E-state index in [9.17, 15) is 0 Å². The lowest BCUT2D eigenvalue weighted by molar-refractivity contribution is 0.0250. The van der Waals surface area contributed by atoms with Crippen LogP contribution >= 0.6 is 0 Å². The molecule has 4 heteroatoms. The minimum atomic E-state index is 0.249. The summed E-state index contributed by atoms with van der Waals surface area (Å²) in [6.45, 7) is 2.30. The van der Waals surface area contributed by atoms with Gasteiger partial charge in [0.15, 0.2) is 5.82 Å². The molecule has 2 bridgehead atoms. The quantitative estimate of drug-likeness (QED) is 0.593. The van der Waals surface area contributed by atoms with Crippen molar-refractivity contribution in [3.8, 4) is 17.1 Å². The van der Waals surface area contributed by atoms with Gasteiger partial charge in [-0.25, -0.2) is 0 Å². The molecule has 0 amide bonds. The third-order valence-corrected chi connectivity index (χ3v) is 7.41. The number of rotatable bonds is 7. The molecule has 0 radical (unpaired) electrons. The highest BCUT2D eigenvalue weighted by Crippen LogP contribution is 2.59. The molecule has 0 N–H and O–H groups in total. The van der Waals surface area contributed by atoms with Crippen LogP contribution in [0, 0.1) is 5.41 Å². The summed E-state index contributed by atoms with van der Waals surface area (Å²) in [5.41, 5.74) is 1.99. The lowest BCUT2D eigenvalue weighted by atomic mass is 9.52. The maximum atomic E-state index is 5.28. The van der Waals surface area contributed by atoms with Crippen LogP contribution in [0.3, 0.4) is 0 Å². The molecule has 0 saturated heterocycles. The summed E-state index contributed by atoms with van der Waals surface area (Å²) in [6.07, 6.45) is 13.6. The van der Waals surface area contributed by atoms with Crippen molar-refractivity contribution >= 4 is 0 Å². The van der Waals surface area contributed by atoms with Crippen molar-refractivity contribution < 1.29 is 4.74 Å². The first-order valence-corrected chi connectivity index (χ1v) is 10.7. The number of fused-ring (bicyclic) bond motifs is 3. The first-order valence-electron chi connectivity index (χ1n) is 10.7. The Balaban J connectivity index is 1.53. The summed E-state index contributed by atoms with van der Waals surface area (Å²) in [5, 5.41) is 9.28. The Labute approximate surface area is 163 Å². The molecular weight excluding hydrogens is 334 g/mol. The fraction of sp³-hybridized carbons (Fsp3) is 0.652. The summed E-state index contributed by atoms with van der Waals surface area (Å²) < 4.78 is 7.52. The third-order valence-electron chi connectivity index (χ3n) is 7.41. The second-order valence-electron chi connectivity index (χ2n) is 8.87. The Hall–Kier alpha value is -1.84. The molecule has 3 saturated carbocycles. The van der Waals surface area contributed by atoms with Crippen molar-refractivity contribution in [2.24, 2.45) is 12.5 Å². The molecule has 2 aromatic rings. The summed E-state index contributed by atoms with van der Waals surface area (Å²) in [5.74, 6) is 3.04. The molecule has 1 aromatic carbocycles. The maximum Gasteiger partial charge on any atom is 0.163 e. The Bertz CT molecular complexity index is 753. The predicted octanol–water partition coefficient (Wildman–Crippen LogP) is 5.66. The van der Waals surface area contributed by atoms with Gasteiger partial charge in [0.05, 0.1) is 7.11 Å². The van der Waals surface area contributed by atoms with E-state index in [1.807, 2.05) is 12.1 Å². The standard InChI is InChI=1S/C23H33N3O/c1-4-5-6-11-22-12-15-23(16-13-22,17-14-22)21-25-24-20(26(21)2)18-7-9-19(27-3)10-8-18/h7-10H,4-6,11-17H2,1-3H3. The van der Waals surface area contributed by atoms with Crippen LogP contribution in [0.25, 0.3) is 11.4 Å². The van der Waals surface area contributed by atoms with E-state index in [1.165, 1.54) is 70.0 Å². The van der Waals surface area contributed by atoms with Gasteiger partial charge >= 0.3 is 0 Å². The van der Waals surface area contributed by atoms with E-state index in [1.54, 1.807) is 7.11 Å². The van der Waals surface area contributed by atoms with Crippen LogP contribution in [0.4, 0.5) is 0 Å². The molecule has 0 unspecified atom stereocenters. The highest BCUT2D eigenvalue weighted by atomic mass is 16.5. The number of aromatic nitrogens is 3. The Morgan fingerprint density at radius 1 is 0.963 bits per heavy atom. The zero-order valence-corrected chi connectivity index (χ0v) is 17.1. The first kappa shape index (κ1) is 18.5. The molecule has 3 aliphatic carbocycles. The molecule has 4 nitrogen and oxygen atoms in total. The average molecular weight is 368 g/mol. The van der Waals surface area contributed by atoms with Crippen LogP contribution in [0.2, 0.25) is 0 Å². The fourth-order valence-corrected chi connectivity index (χ4v) is 5.51. The van der Waals surface area contributed by atoms with Gasteiger partial charge in [-0.2, -0.15) is 0 Å². The van der Waals surface area contributed by atoms with E-state index in [-0.39, 0.29) is 5.41 Å². The van der Waals surface area contributed by atoms with Crippen LogP contribution < -0.4 is 4.74 Å². The van der Waals surface area contributed by atoms with E-state index in [0.29, 0.717) is 5.41 Å². The predicted molar refractivity (Wildman–Crippen MR) is 109 cm³/mol. The number of hydrogen-bond acceptors (Lipinski definition) is 3. The first-order chi connectivity index (χ1) is 13.1. The average Bonchev–Trinajstić information content (AvgIpc) is 3.12. The molecule has 1 aromatic heterocycles. The Kier molecular flexibility index (Phi) is 5.00. The minimum Gasteiger partial charge on any atom is -0.497 e. The lowest BCUT2D eigenvalue weighted by Gasteiger charge is -2.53. The highest BCUT2D eigenvalue weighted by Gasteiger charge is 2.51. The van der Waals surface area contributed by atoms with Crippen molar-refractivity contribution in [2.45, 2.75) is 76.5 Å². The monoisotopic (exact) mass is 367 g/mol. The highest BCUT2D eigenvalue weighted by molar-refractivity contribution is 5.57. The van der Waals surface area contributed by atoms with E-state index < -0.39 is 0 Å². The molecule has 3 fully saturated rings. The van der Waals surface area contributed by atoms with Gasteiger partial charge in [-0.05, 0) is 74.6 Å².